The molecule has 0 heterocycles. The van der Waals surface area contributed by atoms with Crippen LogP contribution in [0.2, 0.25) is 0 Å². The van der Waals surface area contributed by atoms with Crippen molar-refractivity contribution in [3.05, 3.63) is 29.8 Å². The minimum atomic E-state index is -4.24. The molecule has 34 heavy (non-hydrogen) atoms. The zero-order valence-corrected chi connectivity index (χ0v) is 21.0. The van der Waals surface area contributed by atoms with E-state index in [4.69, 9.17) is 4.74 Å². The largest absolute Gasteiger partial charge is 0.459 e. The summed E-state index contributed by atoms with van der Waals surface area (Å²) in [4.78, 5) is 11.9. The lowest BCUT2D eigenvalue weighted by atomic mass is 10.0. The molecule has 0 amide bonds. The predicted molar refractivity (Wildman–Crippen MR) is 132 cm³/mol. The summed E-state index contributed by atoms with van der Waals surface area (Å²) in [5.74, 6) is -0.573. The third-order valence-corrected chi connectivity index (χ3v) is 5.83. The fourth-order valence-electron chi connectivity index (χ4n) is 3.95. The Hall–Kier alpha value is -1.76. The van der Waals surface area contributed by atoms with Crippen LogP contribution in [0.3, 0.4) is 0 Å². The zero-order valence-electron chi connectivity index (χ0n) is 21.0. The molecule has 0 fully saturated rings. The van der Waals surface area contributed by atoms with Crippen molar-refractivity contribution in [2.24, 2.45) is 0 Å². The van der Waals surface area contributed by atoms with Crippen molar-refractivity contribution in [2.75, 3.05) is 11.9 Å². The number of nitrogens with one attached hydrogen (secondary N) is 1. The number of rotatable bonds is 19. The Labute approximate surface area is 203 Å². The number of carbonyl (C=O) groups is 1. The Balaban J connectivity index is 2.33. The molecule has 2 atom stereocenters. The highest BCUT2D eigenvalue weighted by molar-refractivity contribution is 5.89. The molecule has 0 saturated carbocycles. The number of esters is 1. The molecule has 2 N–H and O–H groups in total. The fraction of sp³-hybridized carbons (Fsp3) is 0.741. The molecule has 0 aliphatic carbocycles. The number of benzene rings is 1. The number of hydrogen-bond donors (Lipinski definition) is 2. The van der Waals surface area contributed by atoms with Crippen molar-refractivity contribution >= 4 is 11.7 Å². The Morgan fingerprint density at radius 3 is 1.88 bits per heavy atom. The lowest BCUT2D eigenvalue weighted by molar-refractivity contribution is -0.137. The fourth-order valence-corrected chi connectivity index (χ4v) is 3.95. The van der Waals surface area contributed by atoms with Crippen LogP contribution < -0.4 is 5.32 Å². The van der Waals surface area contributed by atoms with Gasteiger partial charge in [-0.05, 0) is 37.6 Å². The Kier molecular flexibility index (Phi) is 15.7. The van der Waals surface area contributed by atoms with E-state index < -0.39 is 30.7 Å². The molecule has 0 aliphatic heterocycles. The standard InChI is InChI=1S/C27H44F3NO3/c1-3-4-5-6-7-8-9-10-11-12-13-14-15-25(20-27(28,29)30)31-24-18-16-23(17-19-24)26(33)34-21-22(2)32/h16-19,22,25,31-32H,3-15,20-21H2,1-2H3. The zero-order chi connectivity index (χ0) is 25.2. The Morgan fingerprint density at radius 1 is 0.912 bits per heavy atom. The average molecular weight is 488 g/mol. The first kappa shape index (κ1) is 30.3. The van der Waals surface area contributed by atoms with E-state index in [1.54, 1.807) is 12.1 Å². The van der Waals surface area contributed by atoms with Gasteiger partial charge in [0.1, 0.15) is 6.61 Å². The summed E-state index contributed by atoms with van der Waals surface area (Å²) in [5, 5.41) is 12.2. The van der Waals surface area contributed by atoms with E-state index in [1.807, 2.05) is 0 Å². The van der Waals surface area contributed by atoms with Gasteiger partial charge in [0.2, 0.25) is 0 Å². The van der Waals surface area contributed by atoms with Crippen LogP contribution >= 0.6 is 0 Å². The maximum Gasteiger partial charge on any atom is 0.391 e. The molecule has 0 aliphatic rings. The van der Waals surface area contributed by atoms with Gasteiger partial charge in [-0.25, -0.2) is 4.79 Å². The number of unbranched alkanes of at least 4 members (excludes halogenated alkanes) is 11. The van der Waals surface area contributed by atoms with Crippen molar-refractivity contribution in [3.63, 3.8) is 0 Å². The molecule has 196 valence electrons. The highest BCUT2D eigenvalue weighted by atomic mass is 19.4. The average Bonchev–Trinajstić information content (AvgIpc) is 2.77. The van der Waals surface area contributed by atoms with Gasteiger partial charge in [-0.15, -0.1) is 0 Å². The Bertz CT molecular complexity index is 648. The van der Waals surface area contributed by atoms with E-state index >= 15 is 0 Å². The molecule has 0 saturated heterocycles. The van der Waals surface area contributed by atoms with Gasteiger partial charge < -0.3 is 15.2 Å². The van der Waals surface area contributed by atoms with Crippen molar-refractivity contribution in [1.29, 1.82) is 0 Å². The van der Waals surface area contributed by atoms with Crippen molar-refractivity contribution < 1.29 is 27.8 Å². The molecule has 1 aromatic carbocycles. The Morgan fingerprint density at radius 2 is 1.41 bits per heavy atom. The van der Waals surface area contributed by atoms with E-state index in [1.165, 1.54) is 70.4 Å². The van der Waals surface area contributed by atoms with Gasteiger partial charge in [0, 0.05) is 11.7 Å². The summed E-state index contributed by atoms with van der Waals surface area (Å²) in [6.07, 6.45) is 8.84. The molecular formula is C27H44F3NO3. The topological polar surface area (TPSA) is 58.6 Å². The third kappa shape index (κ3) is 16.0. The predicted octanol–water partition coefficient (Wildman–Crippen LogP) is 8.05. The molecule has 0 bridgehead atoms. The van der Waals surface area contributed by atoms with Crippen LogP contribution in [0.1, 0.15) is 114 Å². The molecule has 2 unspecified atom stereocenters. The summed E-state index contributed by atoms with van der Waals surface area (Å²) in [5.41, 5.74) is 0.833. The maximum absolute atomic E-state index is 13.1. The van der Waals surface area contributed by atoms with Crippen LogP contribution in [0.5, 0.6) is 0 Å². The normalized spacial score (nSPS) is 13.5. The molecule has 0 spiro atoms. The highest BCUT2D eigenvalue weighted by Crippen LogP contribution is 2.26. The van der Waals surface area contributed by atoms with Gasteiger partial charge in [0.15, 0.2) is 0 Å². The van der Waals surface area contributed by atoms with E-state index in [0.717, 1.165) is 25.7 Å². The summed E-state index contributed by atoms with van der Waals surface area (Å²) < 4.78 is 44.1. The molecule has 7 heteroatoms. The lowest BCUT2D eigenvalue weighted by Crippen LogP contribution is -2.27. The van der Waals surface area contributed by atoms with Crippen LogP contribution in [-0.2, 0) is 4.74 Å². The number of alkyl halides is 3. The molecule has 1 aromatic rings. The van der Waals surface area contributed by atoms with E-state index in [0.29, 0.717) is 17.7 Å². The summed E-state index contributed by atoms with van der Waals surface area (Å²) in [6.45, 7) is 3.63. The maximum atomic E-state index is 13.1. The van der Waals surface area contributed by atoms with Crippen molar-refractivity contribution in [1.82, 2.24) is 0 Å². The third-order valence-electron chi connectivity index (χ3n) is 5.83. The summed E-state index contributed by atoms with van der Waals surface area (Å²) in [6, 6.07) is 5.51. The van der Waals surface area contributed by atoms with E-state index in [2.05, 4.69) is 12.2 Å². The van der Waals surface area contributed by atoms with Gasteiger partial charge in [-0.3, -0.25) is 0 Å². The first-order valence-electron chi connectivity index (χ1n) is 13.0. The smallest absolute Gasteiger partial charge is 0.391 e. The minimum absolute atomic E-state index is 0.106. The van der Waals surface area contributed by atoms with Gasteiger partial charge >= 0.3 is 12.1 Å². The quantitative estimate of drug-likeness (QED) is 0.153. The number of anilines is 1. The number of ether oxygens (including phenoxy) is 1. The second kappa shape index (κ2) is 17.6. The second-order valence-electron chi connectivity index (χ2n) is 9.36. The summed E-state index contributed by atoms with van der Waals surface area (Å²) >= 11 is 0. The molecule has 0 radical (unpaired) electrons. The van der Waals surface area contributed by atoms with E-state index in [-0.39, 0.29) is 6.61 Å². The van der Waals surface area contributed by atoms with E-state index in [9.17, 15) is 23.1 Å². The SMILES string of the molecule is CCCCCCCCCCCCCCC(CC(F)(F)F)Nc1ccc(C(=O)OCC(C)O)cc1. The van der Waals surface area contributed by atoms with Crippen LogP contribution in [0.4, 0.5) is 18.9 Å². The monoisotopic (exact) mass is 487 g/mol. The number of halogens is 3. The van der Waals surface area contributed by atoms with Gasteiger partial charge in [-0.2, -0.15) is 13.2 Å². The van der Waals surface area contributed by atoms with Crippen LogP contribution in [0.15, 0.2) is 24.3 Å². The molecule has 1 rings (SSSR count). The number of hydrogen-bond acceptors (Lipinski definition) is 4. The summed E-state index contributed by atoms with van der Waals surface area (Å²) in [7, 11) is 0. The second-order valence-corrected chi connectivity index (χ2v) is 9.36. The van der Waals surface area contributed by atoms with Gasteiger partial charge in [0.25, 0.3) is 0 Å². The van der Waals surface area contributed by atoms with Crippen molar-refractivity contribution in [2.45, 2.75) is 122 Å². The van der Waals surface area contributed by atoms with Gasteiger partial charge in [0.05, 0.1) is 18.1 Å². The molecule has 0 aromatic heterocycles. The van der Waals surface area contributed by atoms with Gasteiger partial charge in [-0.1, -0.05) is 84.0 Å². The molecular weight excluding hydrogens is 443 g/mol. The first-order chi connectivity index (χ1) is 16.2. The first-order valence-corrected chi connectivity index (χ1v) is 13.0. The number of carbonyl (C=O) groups excluding carboxylic acids is 1. The minimum Gasteiger partial charge on any atom is -0.459 e. The van der Waals surface area contributed by atoms with Crippen LogP contribution in [0, 0.1) is 0 Å². The van der Waals surface area contributed by atoms with Crippen molar-refractivity contribution in [3.8, 4) is 0 Å². The lowest BCUT2D eigenvalue weighted by Gasteiger charge is -2.21. The molecule has 4 nitrogen and oxygen atoms in total. The number of aliphatic hydroxyl groups excluding tert-OH is 1. The number of aliphatic hydroxyl groups is 1. The highest BCUT2D eigenvalue weighted by Gasteiger charge is 2.31. The van der Waals surface area contributed by atoms with Crippen LogP contribution in [-0.4, -0.2) is 36.0 Å². The van der Waals surface area contributed by atoms with Crippen LogP contribution in [0.25, 0.3) is 0 Å².